The maximum atomic E-state index is 12.5. The summed E-state index contributed by atoms with van der Waals surface area (Å²) in [7, 11) is 0. The number of hydrogen-bond donors (Lipinski definition) is 1. The van der Waals surface area contributed by atoms with Crippen molar-refractivity contribution in [3.63, 3.8) is 0 Å². The molecular formula is C19H19ClN2O2. The van der Waals surface area contributed by atoms with Gasteiger partial charge in [-0.15, -0.1) is 0 Å². The van der Waals surface area contributed by atoms with Crippen LogP contribution in [-0.4, -0.2) is 24.9 Å². The van der Waals surface area contributed by atoms with Crippen molar-refractivity contribution < 1.29 is 9.59 Å². The number of amides is 2. The molecule has 2 amide bonds. The molecule has 0 bridgehead atoms. The predicted octanol–water partition coefficient (Wildman–Crippen LogP) is 3.05. The second-order valence-corrected chi connectivity index (χ2v) is 6.27. The summed E-state index contributed by atoms with van der Waals surface area (Å²) >= 11 is 5.87. The molecule has 2 aromatic carbocycles. The van der Waals surface area contributed by atoms with Crippen molar-refractivity contribution in [1.82, 2.24) is 5.32 Å². The zero-order valence-electron chi connectivity index (χ0n) is 13.2. The van der Waals surface area contributed by atoms with Crippen LogP contribution in [0.2, 0.25) is 5.02 Å². The van der Waals surface area contributed by atoms with E-state index < -0.39 is 5.92 Å². The molecule has 1 aliphatic heterocycles. The molecule has 0 saturated carbocycles. The van der Waals surface area contributed by atoms with Crippen LogP contribution in [-0.2, 0) is 16.0 Å². The first-order chi connectivity index (χ1) is 11.6. The van der Waals surface area contributed by atoms with Crippen molar-refractivity contribution in [3.05, 3.63) is 65.2 Å². The molecule has 3 rings (SSSR count). The predicted molar refractivity (Wildman–Crippen MR) is 95.1 cm³/mol. The Bertz CT molecular complexity index is 716. The van der Waals surface area contributed by atoms with Gasteiger partial charge < -0.3 is 10.2 Å². The van der Waals surface area contributed by atoms with Crippen LogP contribution in [0.15, 0.2) is 54.6 Å². The normalized spacial score (nSPS) is 17.1. The van der Waals surface area contributed by atoms with Crippen molar-refractivity contribution in [2.75, 3.05) is 18.0 Å². The van der Waals surface area contributed by atoms with E-state index in [9.17, 15) is 9.59 Å². The molecule has 0 radical (unpaired) electrons. The Labute approximate surface area is 146 Å². The number of carbonyl (C=O) groups excluding carboxylic acids is 2. The van der Waals surface area contributed by atoms with Gasteiger partial charge in [-0.1, -0.05) is 41.9 Å². The largest absolute Gasteiger partial charge is 0.355 e. The van der Waals surface area contributed by atoms with E-state index in [1.54, 1.807) is 29.2 Å². The zero-order chi connectivity index (χ0) is 16.9. The first-order valence-corrected chi connectivity index (χ1v) is 8.41. The molecule has 5 heteroatoms. The van der Waals surface area contributed by atoms with Gasteiger partial charge in [0.05, 0.1) is 0 Å². The highest BCUT2D eigenvalue weighted by atomic mass is 35.5. The topological polar surface area (TPSA) is 49.4 Å². The average Bonchev–Trinajstić information content (AvgIpc) is 2.98. The van der Waals surface area contributed by atoms with Gasteiger partial charge in [0, 0.05) is 23.8 Å². The van der Waals surface area contributed by atoms with E-state index in [-0.39, 0.29) is 11.8 Å². The van der Waals surface area contributed by atoms with Gasteiger partial charge in [0.15, 0.2) is 0 Å². The summed E-state index contributed by atoms with van der Waals surface area (Å²) in [6.45, 7) is 1.09. The Balaban J connectivity index is 1.54. The van der Waals surface area contributed by atoms with Crippen LogP contribution in [0, 0.1) is 5.92 Å². The highest BCUT2D eigenvalue weighted by molar-refractivity contribution is 6.30. The molecule has 2 aromatic rings. The molecule has 1 heterocycles. The fourth-order valence-electron chi connectivity index (χ4n) is 2.90. The van der Waals surface area contributed by atoms with Crippen LogP contribution >= 0.6 is 11.6 Å². The minimum absolute atomic E-state index is 0.144. The minimum Gasteiger partial charge on any atom is -0.355 e. The second-order valence-electron chi connectivity index (χ2n) is 5.83. The van der Waals surface area contributed by atoms with Crippen LogP contribution in [0.3, 0.4) is 0 Å². The third-order valence-corrected chi connectivity index (χ3v) is 4.47. The number of nitrogens with one attached hydrogen (secondary N) is 1. The fourth-order valence-corrected chi connectivity index (χ4v) is 3.02. The third-order valence-electron chi connectivity index (χ3n) is 4.22. The molecule has 1 atom stereocenters. The molecule has 0 unspecified atom stereocenters. The highest BCUT2D eigenvalue weighted by Gasteiger charge is 2.37. The second kappa shape index (κ2) is 7.49. The van der Waals surface area contributed by atoms with E-state index in [0.29, 0.717) is 24.5 Å². The summed E-state index contributed by atoms with van der Waals surface area (Å²) in [6, 6.07) is 17.1. The molecular weight excluding hydrogens is 324 g/mol. The molecule has 1 saturated heterocycles. The van der Waals surface area contributed by atoms with Crippen LogP contribution in [0.4, 0.5) is 5.69 Å². The molecule has 0 aliphatic carbocycles. The van der Waals surface area contributed by atoms with Crippen LogP contribution in [0.5, 0.6) is 0 Å². The van der Waals surface area contributed by atoms with Crippen LogP contribution in [0.25, 0.3) is 0 Å². The molecule has 1 N–H and O–H groups in total. The monoisotopic (exact) mass is 342 g/mol. The van der Waals surface area contributed by atoms with Crippen molar-refractivity contribution in [1.29, 1.82) is 0 Å². The number of rotatable bonds is 5. The summed E-state index contributed by atoms with van der Waals surface area (Å²) in [6.07, 6.45) is 1.30. The number of benzene rings is 2. The Morgan fingerprint density at radius 3 is 2.54 bits per heavy atom. The van der Waals surface area contributed by atoms with Gasteiger partial charge in [-0.05, 0) is 42.7 Å². The molecule has 1 fully saturated rings. The van der Waals surface area contributed by atoms with Gasteiger partial charge >= 0.3 is 0 Å². The van der Waals surface area contributed by atoms with E-state index in [0.717, 1.165) is 12.1 Å². The van der Waals surface area contributed by atoms with Crippen molar-refractivity contribution in [2.24, 2.45) is 5.92 Å². The van der Waals surface area contributed by atoms with Crippen molar-refractivity contribution in [2.45, 2.75) is 12.8 Å². The smallest absolute Gasteiger partial charge is 0.239 e. The van der Waals surface area contributed by atoms with Gasteiger partial charge in [-0.2, -0.15) is 0 Å². The quantitative estimate of drug-likeness (QED) is 0.849. The lowest BCUT2D eigenvalue weighted by atomic mass is 10.1. The first kappa shape index (κ1) is 16.5. The standard InChI is InChI=1S/C19H19ClN2O2/c20-15-6-8-16(9-7-15)22-13-11-17(19(22)24)18(23)21-12-10-14-4-2-1-3-5-14/h1-9,17H,10-13H2,(H,21,23)/t17-/m0/s1. The lowest BCUT2D eigenvalue weighted by Gasteiger charge is -2.16. The average molecular weight is 343 g/mol. The number of halogens is 1. The van der Waals surface area contributed by atoms with Gasteiger partial charge in [0.2, 0.25) is 11.8 Å². The molecule has 4 nitrogen and oxygen atoms in total. The van der Waals surface area contributed by atoms with Crippen LogP contribution < -0.4 is 10.2 Å². The lowest BCUT2D eigenvalue weighted by Crippen LogP contribution is -2.37. The van der Waals surface area contributed by atoms with Gasteiger partial charge in [0.1, 0.15) is 5.92 Å². The summed E-state index contributed by atoms with van der Waals surface area (Å²) in [5.41, 5.74) is 1.95. The minimum atomic E-state index is -0.601. The number of carbonyl (C=O) groups is 2. The summed E-state index contributed by atoms with van der Waals surface area (Å²) in [5, 5.41) is 3.50. The van der Waals surface area contributed by atoms with Crippen molar-refractivity contribution in [3.8, 4) is 0 Å². The summed E-state index contributed by atoms with van der Waals surface area (Å²) in [4.78, 5) is 26.4. The lowest BCUT2D eigenvalue weighted by molar-refractivity contribution is -0.132. The Kier molecular flexibility index (Phi) is 5.16. The van der Waals surface area contributed by atoms with E-state index in [2.05, 4.69) is 5.32 Å². The first-order valence-electron chi connectivity index (χ1n) is 8.04. The van der Waals surface area contributed by atoms with E-state index in [4.69, 9.17) is 11.6 Å². The van der Waals surface area contributed by atoms with Gasteiger partial charge in [0.25, 0.3) is 0 Å². The summed E-state index contributed by atoms with van der Waals surface area (Å²) in [5.74, 6) is -0.932. The number of anilines is 1. The molecule has 0 aromatic heterocycles. The van der Waals surface area contributed by atoms with Crippen molar-refractivity contribution >= 4 is 29.1 Å². The Hall–Kier alpha value is -2.33. The number of hydrogen-bond acceptors (Lipinski definition) is 2. The van der Waals surface area contributed by atoms with Gasteiger partial charge in [-0.25, -0.2) is 0 Å². The highest BCUT2D eigenvalue weighted by Crippen LogP contribution is 2.26. The van der Waals surface area contributed by atoms with E-state index >= 15 is 0 Å². The Morgan fingerprint density at radius 2 is 1.83 bits per heavy atom. The molecule has 0 spiro atoms. The van der Waals surface area contributed by atoms with E-state index in [1.807, 2.05) is 30.3 Å². The Morgan fingerprint density at radius 1 is 1.12 bits per heavy atom. The molecule has 24 heavy (non-hydrogen) atoms. The maximum Gasteiger partial charge on any atom is 0.239 e. The third kappa shape index (κ3) is 3.77. The fraction of sp³-hybridized carbons (Fsp3) is 0.263. The molecule has 124 valence electrons. The van der Waals surface area contributed by atoms with E-state index in [1.165, 1.54) is 5.56 Å². The summed E-state index contributed by atoms with van der Waals surface area (Å²) < 4.78 is 0. The van der Waals surface area contributed by atoms with Crippen LogP contribution in [0.1, 0.15) is 12.0 Å². The van der Waals surface area contributed by atoms with Gasteiger partial charge in [-0.3, -0.25) is 9.59 Å². The zero-order valence-corrected chi connectivity index (χ0v) is 14.0. The molecule has 1 aliphatic rings. The maximum absolute atomic E-state index is 12.5. The SMILES string of the molecule is O=C(NCCc1ccccc1)[C@@H]1CCN(c2ccc(Cl)cc2)C1=O. The number of nitrogens with zero attached hydrogens (tertiary/aromatic N) is 1.